The van der Waals surface area contributed by atoms with Gasteiger partial charge in [-0.1, -0.05) is 72.9 Å². The van der Waals surface area contributed by atoms with Crippen LogP contribution in [0, 0.1) is 11.7 Å². The summed E-state index contributed by atoms with van der Waals surface area (Å²) in [6, 6.07) is 19.2. The predicted molar refractivity (Wildman–Crippen MR) is 149 cm³/mol. The minimum atomic E-state index is -0.603. The summed E-state index contributed by atoms with van der Waals surface area (Å²) in [5.74, 6) is -0.0450. The molecule has 2 fully saturated rings. The number of hydrogen-bond donors (Lipinski definition) is 0. The maximum Gasteiger partial charge on any atom is 0.341 e. The van der Waals surface area contributed by atoms with Crippen LogP contribution in [0.25, 0.3) is 0 Å². The van der Waals surface area contributed by atoms with Crippen molar-refractivity contribution in [1.82, 2.24) is 4.90 Å². The smallest absolute Gasteiger partial charge is 0.341 e. The molecule has 3 aromatic rings. The van der Waals surface area contributed by atoms with Crippen molar-refractivity contribution in [3.05, 3.63) is 98.8 Å². The second kappa shape index (κ2) is 12.1. The molecule has 3 aromatic carbocycles. The Balaban J connectivity index is 1.25. The number of carbonyl (C=O) groups is 1. The summed E-state index contributed by atoms with van der Waals surface area (Å²) >= 11 is 12.5. The summed E-state index contributed by atoms with van der Waals surface area (Å²) in [4.78, 5) is 14.8. The zero-order valence-electron chi connectivity index (χ0n) is 21.5. The normalized spacial score (nSPS) is 16.6. The molecule has 1 aliphatic carbocycles. The van der Waals surface area contributed by atoms with Gasteiger partial charge in [0, 0.05) is 25.1 Å². The summed E-state index contributed by atoms with van der Waals surface area (Å²) in [6.07, 6.45) is 3.71. The van der Waals surface area contributed by atoms with E-state index in [1.165, 1.54) is 11.6 Å². The van der Waals surface area contributed by atoms with Crippen LogP contribution in [-0.4, -0.2) is 37.2 Å². The van der Waals surface area contributed by atoms with Crippen molar-refractivity contribution >= 4 is 29.2 Å². The lowest BCUT2D eigenvalue weighted by Crippen LogP contribution is -2.51. The number of nitrogens with zero attached hydrogens (tertiary/aromatic N) is 1. The number of hydrogen-bond acceptors (Lipinski definition) is 4. The van der Waals surface area contributed by atoms with Gasteiger partial charge >= 0.3 is 5.97 Å². The molecule has 200 valence electrons. The molecular formula is C31H32Cl2FNO3. The molecule has 0 bridgehead atoms. The summed E-state index contributed by atoms with van der Waals surface area (Å²) in [7, 11) is 0. The first-order valence-electron chi connectivity index (χ1n) is 13.3. The lowest BCUT2D eigenvalue weighted by Gasteiger charge is -2.44. The van der Waals surface area contributed by atoms with Crippen LogP contribution in [-0.2, 0) is 4.74 Å². The molecule has 7 heteroatoms. The highest BCUT2D eigenvalue weighted by Gasteiger charge is 2.35. The molecule has 1 saturated heterocycles. The van der Waals surface area contributed by atoms with Crippen molar-refractivity contribution in [1.29, 1.82) is 0 Å². The maximum absolute atomic E-state index is 14.9. The van der Waals surface area contributed by atoms with Crippen molar-refractivity contribution in [2.24, 2.45) is 5.92 Å². The highest BCUT2D eigenvalue weighted by molar-refractivity contribution is 6.42. The number of likely N-dealkylation sites (tertiary alicyclic amines) is 1. The topological polar surface area (TPSA) is 38.8 Å². The highest BCUT2D eigenvalue weighted by Crippen LogP contribution is 2.45. The van der Waals surface area contributed by atoms with E-state index < -0.39 is 11.8 Å². The number of halogens is 3. The van der Waals surface area contributed by atoms with Crippen LogP contribution in [0.5, 0.6) is 5.75 Å². The third-order valence-electron chi connectivity index (χ3n) is 7.27. The van der Waals surface area contributed by atoms with Gasteiger partial charge in [0.05, 0.1) is 34.9 Å². The molecule has 5 rings (SSSR count). The van der Waals surface area contributed by atoms with Crippen LogP contribution in [0.2, 0.25) is 10.0 Å². The molecule has 38 heavy (non-hydrogen) atoms. The Bertz CT molecular complexity index is 1280. The van der Waals surface area contributed by atoms with Gasteiger partial charge in [-0.3, -0.25) is 4.90 Å². The largest absolute Gasteiger partial charge is 0.493 e. The van der Waals surface area contributed by atoms with Crippen molar-refractivity contribution in [3.63, 3.8) is 0 Å². The molecule has 2 aliphatic rings. The first-order valence-corrected chi connectivity index (χ1v) is 14.1. The number of ether oxygens (including phenoxy) is 2. The number of rotatable bonds is 11. The molecule has 0 amide bonds. The molecule has 1 unspecified atom stereocenters. The molecule has 0 N–H and O–H groups in total. The van der Waals surface area contributed by atoms with Gasteiger partial charge in [-0.2, -0.15) is 0 Å². The van der Waals surface area contributed by atoms with Gasteiger partial charge in [0.15, 0.2) is 0 Å². The maximum atomic E-state index is 14.9. The molecular weight excluding hydrogens is 524 g/mol. The fourth-order valence-corrected chi connectivity index (χ4v) is 5.33. The molecule has 4 nitrogen and oxygen atoms in total. The van der Waals surface area contributed by atoms with E-state index in [2.05, 4.69) is 17.0 Å². The zero-order valence-corrected chi connectivity index (χ0v) is 23.0. The second-order valence-corrected chi connectivity index (χ2v) is 11.1. The van der Waals surface area contributed by atoms with Crippen molar-refractivity contribution in [2.45, 2.75) is 44.6 Å². The minimum Gasteiger partial charge on any atom is -0.493 e. The van der Waals surface area contributed by atoms with E-state index in [9.17, 15) is 9.18 Å². The van der Waals surface area contributed by atoms with Crippen LogP contribution < -0.4 is 4.74 Å². The first kappa shape index (κ1) is 27.0. The van der Waals surface area contributed by atoms with Gasteiger partial charge in [0.25, 0.3) is 0 Å². The van der Waals surface area contributed by atoms with E-state index >= 15 is 0 Å². The molecule has 0 spiro atoms. The van der Waals surface area contributed by atoms with E-state index in [-0.39, 0.29) is 11.6 Å². The van der Waals surface area contributed by atoms with Gasteiger partial charge in [0.2, 0.25) is 0 Å². The van der Waals surface area contributed by atoms with Gasteiger partial charge < -0.3 is 9.47 Å². The van der Waals surface area contributed by atoms with E-state index in [0.717, 1.165) is 49.9 Å². The third-order valence-corrected chi connectivity index (χ3v) is 8.01. The molecule has 0 aromatic heterocycles. The molecule has 1 heterocycles. The van der Waals surface area contributed by atoms with Crippen LogP contribution >= 0.6 is 23.2 Å². The lowest BCUT2D eigenvalue weighted by atomic mass is 9.90. The van der Waals surface area contributed by atoms with E-state index in [1.54, 1.807) is 6.07 Å². The fourth-order valence-electron chi connectivity index (χ4n) is 5.02. The van der Waals surface area contributed by atoms with E-state index in [1.807, 2.05) is 43.3 Å². The Kier molecular flexibility index (Phi) is 8.57. The van der Waals surface area contributed by atoms with Crippen LogP contribution in [0.1, 0.15) is 71.6 Å². The first-order chi connectivity index (χ1) is 18.4. The number of benzene rings is 3. The number of carbonyl (C=O) groups excluding carboxylic acids is 1. The highest BCUT2D eigenvalue weighted by atomic mass is 35.5. The van der Waals surface area contributed by atoms with Crippen LogP contribution in [0.15, 0.2) is 60.7 Å². The Morgan fingerprint density at radius 3 is 2.47 bits per heavy atom. The molecule has 1 atom stereocenters. The number of unbranched alkanes of at least 4 members (excludes halogenated alkanes) is 1. The van der Waals surface area contributed by atoms with Crippen molar-refractivity contribution < 1.29 is 18.7 Å². The summed E-state index contributed by atoms with van der Waals surface area (Å²) in [5.41, 5.74) is 3.18. The summed E-state index contributed by atoms with van der Waals surface area (Å²) < 4.78 is 26.3. The summed E-state index contributed by atoms with van der Waals surface area (Å²) in [5, 5.41) is 1.08. The van der Waals surface area contributed by atoms with E-state index in [0.29, 0.717) is 40.8 Å². The van der Waals surface area contributed by atoms with Crippen LogP contribution in [0.4, 0.5) is 4.39 Å². The molecule has 1 aliphatic heterocycles. The molecule has 1 saturated carbocycles. The lowest BCUT2D eigenvalue weighted by molar-refractivity contribution is 0.0375. The van der Waals surface area contributed by atoms with Gasteiger partial charge in [0.1, 0.15) is 11.6 Å². The third kappa shape index (κ3) is 6.17. The minimum absolute atomic E-state index is 0.00231. The predicted octanol–water partition coefficient (Wildman–Crippen LogP) is 8.07. The molecule has 0 radical (unpaired) electrons. The van der Waals surface area contributed by atoms with Crippen LogP contribution in [0.3, 0.4) is 0 Å². The average Bonchev–Trinajstić information content (AvgIpc) is 3.73. The number of esters is 1. The van der Waals surface area contributed by atoms with Crippen molar-refractivity contribution in [2.75, 3.05) is 26.3 Å². The second-order valence-electron chi connectivity index (χ2n) is 10.3. The summed E-state index contributed by atoms with van der Waals surface area (Å²) in [6.45, 7) is 4.48. The Hall–Kier alpha value is -2.60. The van der Waals surface area contributed by atoms with Gasteiger partial charge in [-0.25, -0.2) is 9.18 Å². The van der Waals surface area contributed by atoms with Gasteiger partial charge in [-0.15, -0.1) is 0 Å². The average molecular weight is 557 g/mol. The Morgan fingerprint density at radius 2 is 1.79 bits per heavy atom. The van der Waals surface area contributed by atoms with Crippen molar-refractivity contribution in [3.8, 4) is 5.75 Å². The standard InChI is InChI=1S/C31H32Cl2FNO3/c1-2-3-13-37-31(36)25-15-24(21-9-10-21)29(16-28(25)34)38-19-20-17-35(18-20)30(22-7-5-4-6-8-22)23-11-12-26(32)27(33)14-23/h4-8,11-12,14-16,20-21,30H,2-3,9-10,13,17-19H2,1H3. The van der Waals surface area contributed by atoms with E-state index in [4.69, 9.17) is 32.7 Å². The monoisotopic (exact) mass is 555 g/mol. The zero-order chi connectivity index (χ0) is 26.6. The Morgan fingerprint density at radius 1 is 1.03 bits per heavy atom. The van der Waals surface area contributed by atoms with Gasteiger partial charge in [-0.05, 0) is 60.1 Å². The Labute approximate surface area is 233 Å². The fraction of sp³-hybridized carbons (Fsp3) is 0.387. The quantitative estimate of drug-likeness (QED) is 0.177. The SMILES string of the molecule is CCCCOC(=O)c1cc(C2CC2)c(OCC2CN(C(c3ccccc3)c3ccc(Cl)c(Cl)c3)C2)cc1F.